The summed E-state index contributed by atoms with van der Waals surface area (Å²) in [6, 6.07) is 4.39. The summed E-state index contributed by atoms with van der Waals surface area (Å²) in [5.74, 6) is -2.06. The van der Waals surface area contributed by atoms with Crippen molar-refractivity contribution in [2.45, 2.75) is 12.8 Å². The Kier molecular flexibility index (Phi) is 3.57. The maximum absolute atomic E-state index is 13.4. The number of hydrogen-bond acceptors (Lipinski definition) is 4. The van der Waals surface area contributed by atoms with Crippen LogP contribution in [-0.4, -0.2) is 21.3 Å². The Hall–Kier alpha value is -1.95. The Balaban J connectivity index is 2.09. The number of halogens is 2. The number of aromatic nitrogens is 2. The molecule has 0 aliphatic rings. The third-order valence-corrected chi connectivity index (χ3v) is 2.65. The van der Waals surface area contributed by atoms with Crippen LogP contribution >= 0.6 is 11.6 Å². The van der Waals surface area contributed by atoms with Crippen molar-refractivity contribution in [2.24, 2.45) is 0 Å². The summed E-state index contributed by atoms with van der Waals surface area (Å²) < 4.78 is 18.3. The maximum Gasteiger partial charge on any atom is 0.393 e. The van der Waals surface area contributed by atoms with E-state index in [1.54, 1.807) is 6.07 Å². The highest BCUT2D eigenvalue weighted by atomic mass is 35.5. The van der Waals surface area contributed by atoms with Gasteiger partial charge in [0.15, 0.2) is 0 Å². The molecule has 94 valence electrons. The fourth-order valence-electron chi connectivity index (χ4n) is 1.44. The number of benzene rings is 1. The van der Waals surface area contributed by atoms with Gasteiger partial charge in [-0.2, -0.15) is 0 Å². The van der Waals surface area contributed by atoms with Crippen molar-refractivity contribution in [3.8, 4) is 0 Å². The smallest absolute Gasteiger partial charge is 0.393 e. The standard InChI is InChI=1S/C11H8ClFN2O3/c12-7-2-1-3-8(13)6(7)4-5-9-14-15-10(18-9)11(16)17/h1-3H,4-5H2,(H,16,17). The van der Waals surface area contributed by atoms with Gasteiger partial charge in [-0.25, -0.2) is 9.18 Å². The van der Waals surface area contributed by atoms with Crippen LogP contribution in [0.3, 0.4) is 0 Å². The van der Waals surface area contributed by atoms with Crippen molar-refractivity contribution in [1.82, 2.24) is 10.2 Å². The molecule has 7 heteroatoms. The van der Waals surface area contributed by atoms with E-state index in [2.05, 4.69) is 10.2 Å². The zero-order chi connectivity index (χ0) is 13.1. The van der Waals surface area contributed by atoms with Gasteiger partial charge in [0.1, 0.15) is 5.82 Å². The molecule has 1 aromatic heterocycles. The number of aryl methyl sites for hydroxylation is 1. The topological polar surface area (TPSA) is 76.2 Å². The molecule has 0 fully saturated rings. The lowest BCUT2D eigenvalue weighted by Gasteiger charge is -2.03. The van der Waals surface area contributed by atoms with E-state index in [4.69, 9.17) is 21.1 Å². The molecule has 0 radical (unpaired) electrons. The second-order valence-electron chi connectivity index (χ2n) is 3.51. The Morgan fingerprint density at radius 3 is 2.78 bits per heavy atom. The predicted octanol–water partition coefficient (Wildman–Crippen LogP) is 2.35. The van der Waals surface area contributed by atoms with Crippen LogP contribution < -0.4 is 0 Å². The third-order valence-electron chi connectivity index (χ3n) is 2.30. The van der Waals surface area contributed by atoms with Crippen LogP contribution in [0.5, 0.6) is 0 Å². The molecule has 0 spiro atoms. The Bertz CT molecular complexity index is 565. The summed E-state index contributed by atoms with van der Waals surface area (Å²) >= 11 is 5.85. The number of carboxylic acid groups (broad SMARTS) is 1. The van der Waals surface area contributed by atoms with Gasteiger partial charge in [-0.15, -0.1) is 10.2 Å². The van der Waals surface area contributed by atoms with E-state index >= 15 is 0 Å². The first kappa shape index (κ1) is 12.5. The van der Waals surface area contributed by atoms with E-state index in [1.807, 2.05) is 0 Å². The molecule has 5 nitrogen and oxygen atoms in total. The first-order valence-electron chi connectivity index (χ1n) is 5.06. The van der Waals surface area contributed by atoms with E-state index in [9.17, 15) is 9.18 Å². The van der Waals surface area contributed by atoms with Crippen LogP contribution in [0.4, 0.5) is 4.39 Å². The van der Waals surface area contributed by atoms with Gasteiger partial charge >= 0.3 is 11.9 Å². The maximum atomic E-state index is 13.4. The van der Waals surface area contributed by atoms with Crippen molar-refractivity contribution in [3.05, 3.63) is 46.4 Å². The number of carboxylic acids is 1. The van der Waals surface area contributed by atoms with Crippen LogP contribution in [0.2, 0.25) is 5.02 Å². The van der Waals surface area contributed by atoms with Gasteiger partial charge in [0.25, 0.3) is 0 Å². The molecule has 0 aliphatic carbocycles. The lowest BCUT2D eigenvalue weighted by Crippen LogP contribution is -1.96. The highest BCUT2D eigenvalue weighted by Gasteiger charge is 2.14. The normalized spacial score (nSPS) is 10.6. The van der Waals surface area contributed by atoms with Gasteiger partial charge < -0.3 is 9.52 Å². The van der Waals surface area contributed by atoms with Gasteiger partial charge in [-0.3, -0.25) is 0 Å². The molecule has 0 atom stereocenters. The van der Waals surface area contributed by atoms with Crippen molar-refractivity contribution in [2.75, 3.05) is 0 Å². The molecule has 2 aromatic rings. The van der Waals surface area contributed by atoms with Crippen LogP contribution in [0, 0.1) is 5.82 Å². The van der Waals surface area contributed by atoms with Crippen molar-refractivity contribution in [1.29, 1.82) is 0 Å². The minimum absolute atomic E-state index is 0.131. The monoisotopic (exact) mass is 270 g/mol. The van der Waals surface area contributed by atoms with Gasteiger partial charge in [0.05, 0.1) is 0 Å². The Morgan fingerprint density at radius 2 is 2.17 bits per heavy atom. The van der Waals surface area contributed by atoms with E-state index in [0.717, 1.165) is 0 Å². The quantitative estimate of drug-likeness (QED) is 0.923. The number of carbonyl (C=O) groups is 1. The van der Waals surface area contributed by atoms with E-state index in [1.165, 1.54) is 12.1 Å². The average molecular weight is 271 g/mol. The predicted molar refractivity (Wildman–Crippen MR) is 60.1 cm³/mol. The lowest BCUT2D eigenvalue weighted by molar-refractivity contribution is 0.0651. The van der Waals surface area contributed by atoms with Crippen molar-refractivity contribution in [3.63, 3.8) is 0 Å². The fourth-order valence-corrected chi connectivity index (χ4v) is 1.70. The summed E-state index contributed by atoms with van der Waals surface area (Å²) in [5, 5.41) is 15.8. The molecular weight excluding hydrogens is 263 g/mol. The van der Waals surface area contributed by atoms with Gasteiger partial charge in [-0.1, -0.05) is 17.7 Å². The highest BCUT2D eigenvalue weighted by molar-refractivity contribution is 6.31. The van der Waals surface area contributed by atoms with E-state index in [0.29, 0.717) is 10.6 Å². The van der Waals surface area contributed by atoms with Gasteiger partial charge in [-0.05, 0) is 18.6 Å². The highest BCUT2D eigenvalue weighted by Crippen LogP contribution is 2.20. The summed E-state index contributed by atoms with van der Waals surface area (Å²) in [5.41, 5.74) is 0.342. The Morgan fingerprint density at radius 1 is 1.39 bits per heavy atom. The first-order chi connectivity index (χ1) is 8.58. The number of hydrogen-bond donors (Lipinski definition) is 1. The number of rotatable bonds is 4. The minimum atomic E-state index is -1.29. The second-order valence-corrected chi connectivity index (χ2v) is 3.91. The lowest BCUT2D eigenvalue weighted by atomic mass is 10.1. The zero-order valence-corrected chi connectivity index (χ0v) is 9.82. The summed E-state index contributed by atoms with van der Waals surface area (Å²) in [6.07, 6.45) is 0.480. The molecule has 1 heterocycles. The van der Waals surface area contributed by atoms with E-state index < -0.39 is 17.7 Å². The van der Waals surface area contributed by atoms with Crippen molar-refractivity contribution < 1.29 is 18.7 Å². The molecule has 1 aromatic carbocycles. The largest absolute Gasteiger partial charge is 0.474 e. The fraction of sp³-hybridized carbons (Fsp3) is 0.182. The zero-order valence-electron chi connectivity index (χ0n) is 9.06. The molecule has 0 saturated heterocycles. The third kappa shape index (κ3) is 2.65. The van der Waals surface area contributed by atoms with Crippen LogP contribution in [0.15, 0.2) is 22.6 Å². The van der Waals surface area contributed by atoms with E-state index in [-0.39, 0.29) is 18.7 Å². The van der Waals surface area contributed by atoms with Crippen LogP contribution in [0.25, 0.3) is 0 Å². The molecule has 0 unspecified atom stereocenters. The number of aromatic carboxylic acids is 1. The number of nitrogens with zero attached hydrogens (tertiary/aromatic N) is 2. The molecule has 18 heavy (non-hydrogen) atoms. The summed E-state index contributed by atoms with van der Waals surface area (Å²) in [7, 11) is 0. The minimum Gasteiger partial charge on any atom is -0.474 e. The molecule has 1 N–H and O–H groups in total. The van der Waals surface area contributed by atoms with Gasteiger partial charge in [0.2, 0.25) is 5.89 Å². The first-order valence-corrected chi connectivity index (χ1v) is 5.44. The average Bonchev–Trinajstić information content (AvgIpc) is 2.77. The molecule has 0 bridgehead atoms. The molecule has 0 aliphatic heterocycles. The Labute approximate surface area is 106 Å². The molecule has 0 amide bonds. The van der Waals surface area contributed by atoms with Crippen molar-refractivity contribution >= 4 is 17.6 Å². The van der Waals surface area contributed by atoms with Crippen LogP contribution in [-0.2, 0) is 12.8 Å². The second kappa shape index (κ2) is 5.14. The van der Waals surface area contributed by atoms with Crippen LogP contribution in [0.1, 0.15) is 22.1 Å². The SMILES string of the molecule is O=C(O)c1nnc(CCc2c(F)cccc2Cl)o1. The molecular formula is C11H8ClFN2O3. The van der Waals surface area contributed by atoms with Gasteiger partial charge in [0, 0.05) is 17.0 Å². The molecule has 2 rings (SSSR count). The summed E-state index contributed by atoms with van der Waals surface area (Å²) in [4.78, 5) is 10.5. The summed E-state index contributed by atoms with van der Waals surface area (Å²) in [6.45, 7) is 0. The molecule has 0 saturated carbocycles.